The normalized spacial score (nSPS) is 11.0. The van der Waals surface area contributed by atoms with Crippen LogP contribution in [0.4, 0.5) is 5.69 Å². The second-order valence-electron chi connectivity index (χ2n) is 5.74. The van der Waals surface area contributed by atoms with Gasteiger partial charge >= 0.3 is 0 Å². The number of nitrogens with zero attached hydrogens (tertiary/aromatic N) is 2. The van der Waals surface area contributed by atoms with Gasteiger partial charge in [0.25, 0.3) is 0 Å². The Morgan fingerprint density at radius 2 is 1.88 bits per heavy atom. The van der Waals surface area contributed by atoms with Crippen LogP contribution < -0.4 is 5.32 Å². The van der Waals surface area contributed by atoms with Crippen molar-refractivity contribution < 1.29 is 4.79 Å². The molecule has 0 bridgehead atoms. The third-order valence-electron chi connectivity index (χ3n) is 3.89. The first-order chi connectivity index (χ1) is 12.6. The average molecular weight is 447 g/mol. The highest BCUT2D eigenvalue weighted by Crippen LogP contribution is 2.25. The molecule has 0 fully saturated rings. The maximum atomic E-state index is 12.4. The Balaban J connectivity index is 1.54. The Hall–Kier alpha value is -2.15. The van der Waals surface area contributed by atoms with E-state index in [9.17, 15) is 4.79 Å². The fourth-order valence-corrected chi connectivity index (χ4v) is 3.88. The van der Waals surface area contributed by atoms with Gasteiger partial charge < -0.3 is 5.32 Å². The quantitative estimate of drug-likeness (QED) is 0.440. The highest BCUT2D eigenvalue weighted by molar-refractivity contribution is 9.10. The van der Waals surface area contributed by atoms with Crippen molar-refractivity contribution in [3.63, 3.8) is 0 Å². The van der Waals surface area contributed by atoms with E-state index in [1.54, 1.807) is 0 Å². The van der Waals surface area contributed by atoms with Gasteiger partial charge in [-0.2, -0.15) is 0 Å². The number of hydrogen-bond donors (Lipinski definition) is 1. The van der Waals surface area contributed by atoms with Crippen LogP contribution >= 0.6 is 38.9 Å². The fourth-order valence-electron chi connectivity index (χ4n) is 2.62. The number of carbonyl (C=O) groups excluding carboxylic acids is 1. The molecule has 4 rings (SSSR count). The van der Waals surface area contributed by atoms with Gasteiger partial charge in [-0.05, 0) is 36.4 Å². The number of imidazole rings is 1. The summed E-state index contributed by atoms with van der Waals surface area (Å²) in [6.45, 7) is 0. The van der Waals surface area contributed by atoms with Gasteiger partial charge in [-0.3, -0.25) is 9.20 Å². The number of carbonyl (C=O) groups is 1. The highest BCUT2D eigenvalue weighted by Gasteiger charge is 2.13. The summed E-state index contributed by atoms with van der Waals surface area (Å²) in [5, 5.41) is 5.58. The predicted molar refractivity (Wildman–Crippen MR) is 110 cm³/mol. The summed E-state index contributed by atoms with van der Waals surface area (Å²) in [5.74, 6) is -0.0613. The van der Waals surface area contributed by atoms with Gasteiger partial charge in [0.2, 0.25) is 5.91 Å². The van der Waals surface area contributed by atoms with Crippen molar-refractivity contribution in [2.24, 2.45) is 0 Å². The van der Waals surface area contributed by atoms with Crippen molar-refractivity contribution in [2.75, 3.05) is 5.32 Å². The van der Waals surface area contributed by atoms with Gasteiger partial charge in [-0.15, -0.1) is 11.3 Å². The SMILES string of the molecule is O=C(Cc1csc2nc(-c3ccc(Cl)cc3)cn12)Nc1ccc(Br)cc1. The summed E-state index contributed by atoms with van der Waals surface area (Å²) in [6.07, 6.45) is 2.24. The van der Waals surface area contributed by atoms with Crippen molar-refractivity contribution >= 4 is 55.4 Å². The molecule has 4 nitrogen and oxygen atoms in total. The number of hydrogen-bond acceptors (Lipinski definition) is 3. The van der Waals surface area contributed by atoms with Crippen LogP contribution in [-0.4, -0.2) is 15.3 Å². The van der Waals surface area contributed by atoms with Crippen LogP contribution in [0.3, 0.4) is 0 Å². The summed E-state index contributed by atoms with van der Waals surface area (Å²) in [6, 6.07) is 15.1. The lowest BCUT2D eigenvalue weighted by Gasteiger charge is -2.05. The third kappa shape index (κ3) is 3.67. The molecule has 2 aromatic carbocycles. The maximum absolute atomic E-state index is 12.4. The fraction of sp³-hybridized carbons (Fsp3) is 0.0526. The summed E-state index contributed by atoms with van der Waals surface area (Å²) in [5.41, 5.74) is 3.54. The van der Waals surface area contributed by atoms with Gasteiger partial charge in [0.05, 0.1) is 12.1 Å². The third-order valence-corrected chi connectivity index (χ3v) is 5.56. The van der Waals surface area contributed by atoms with E-state index in [0.717, 1.165) is 32.1 Å². The van der Waals surface area contributed by atoms with E-state index in [1.807, 2.05) is 64.5 Å². The number of benzene rings is 2. The van der Waals surface area contributed by atoms with E-state index in [2.05, 4.69) is 26.2 Å². The molecule has 0 aliphatic heterocycles. The van der Waals surface area contributed by atoms with E-state index < -0.39 is 0 Å². The molecule has 0 aliphatic carbocycles. The summed E-state index contributed by atoms with van der Waals surface area (Å²) < 4.78 is 2.94. The van der Waals surface area contributed by atoms with Crippen molar-refractivity contribution in [1.29, 1.82) is 0 Å². The van der Waals surface area contributed by atoms with E-state index in [0.29, 0.717) is 5.02 Å². The summed E-state index contributed by atoms with van der Waals surface area (Å²) >= 11 is 10.9. The molecular formula is C19H13BrClN3OS. The second kappa shape index (κ2) is 7.23. The number of amides is 1. The van der Waals surface area contributed by atoms with E-state index in [1.165, 1.54) is 11.3 Å². The second-order valence-corrected chi connectivity index (χ2v) is 7.93. The largest absolute Gasteiger partial charge is 0.326 e. The zero-order valence-corrected chi connectivity index (χ0v) is 16.6. The molecular weight excluding hydrogens is 434 g/mol. The molecule has 130 valence electrons. The number of nitrogens with one attached hydrogen (secondary N) is 1. The first-order valence-electron chi connectivity index (χ1n) is 7.85. The molecule has 26 heavy (non-hydrogen) atoms. The zero-order valence-electron chi connectivity index (χ0n) is 13.4. The first-order valence-corrected chi connectivity index (χ1v) is 9.90. The van der Waals surface area contributed by atoms with Crippen LogP contribution in [0.5, 0.6) is 0 Å². The molecule has 2 aromatic heterocycles. The van der Waals surface area contributed by atoms with Crippen LogP contribution in [0, 0.1) is 0 Å². The molecule has 0 atom stereocenters. The lowest BCUT2D eigenvalue weighted by Crippen LogP contribution is -2.15. The summed E-state index contributed by atoms with van der Waals surface area (Å²) in [7, 11) is 0. The van der Waals surface area contributed by atoms with Crippen LogP contribution in [-0.2, 0) is 11.2 Å². The minimum Gasteiger partial charge on any atom is -0.326 e. The highest BCUT2D eigenvalue weighted by atomic mass is 79.9. The lowest BCUT2D eigenvalue weighted by atomic mass is 10.2. The molecule has 0 saturated heterocycles. The topological polar surface area (TPSA) is 46.4 Å². The minimum absolute atomic E-state index is 0.0613. The first kappa shape index (κ1) is 17.3. The van der Waals surface area contributed by atoms with Gasteiger partial charge in [-0.1, -0.05) is 39.7 Å². The van der Waals surface area contributed by atoms with Crippen LogP contribution in [0.1, 0.15) is 5.69 Å². The van der Waals surface area contributed by atoms with Crippen LogP contribution in [0.15, 0.2) is 64.6 Å². The van der Waals surface area contributed by atoms with Gasteiger partial charge in [0, 0.05) is 38.0 Å². The predicted octanol–water partition coefficient (Wildman–Crippen LogP) is 5.66. The average Bonchev–Trinajstić information content (AvgIpc) is 3.20. The zero-order chi connectivity index (χ0) is 18.1. The molecule has 2 heterocycles. The molecule has 0 unspecified atom stereocenters. The Morgan fingerprint density at radius 1 is 1.15 bits per heavy atom. The Kier molecular flexibility index (Phi) is 4.80. The number of aromatic nitrogens is 2. The number of anilines is 1. The molecule has 4 aromatic rings. The number of rotatable bonds is 4. The van der Waals surface area contributed by atoms with Crippen LogP contribution in [0.2, 0.25) is 5.02 Å². The lowest BCUT2D eigenvalue weighted by molar-refractivity contribution is -0.115. The van der Waals surface area contributed by atoms with Crippen molar-refractivity contribution in [1.82, 2.24) is 9.38 Å². The van der Waals surface area contributed by atoms with E-state index >= 15 is 0 Å². The molecule has 0 radical (unpaired) electrons. The molecule has 7 heteroatoms. The standard InChI is InChI=1S/C19H13BrClN3OS/c20-13-3-7-15(8-4-13)22-18(25)9-16-11-26-19-23-17(10-24(16)19)12-1-5-14(21)6-2-12/h1-8,10-11H,9H2,(H,22,25). The Bertz CT molecular complexity index is 1070. The Morgan fingerprint density at radius 3 is 2.62 bits per heavy atom. The molecule has 0 saturated carbocycles. The monoisotopic (exact) mass is 445 g/mol. The molecule has 0 spiro atoms. The van der Waals surface area contributed by atoms with Crippen molar-refractivity contribution in [3.8, 4) is 11.3 Å². The molecule has 1 amide bonds. The maximum Gasteiger partial charge on any atom is 0.230 e. The van der Waals surface area contributed by atoms with E-state index in [4.69, 9.17) is 11.6 Å². The number of thiazole rings is 1. The van der Waals surface area contributed by atoms with E-state index in [-0.39, 0.29) is 12.3 Å². The van der Waals surface area contributed by atoms with Gasteiger partial charge in [0.1, 0.15) is 0 Å². The number of halogens is 2. The summed E-state index contributed by atoms with van der Waals surface area (Å²) in [4.78, 5) is 17.9. The molecule has 1 N–H and O–H groups in total. The smallest absolute Gasteiger partial charge is 0.230 e. The van der Waals surface area contributed by atoms with Crippen molar-refractivity contribution in [3.05, 3.63) is 75.3 Å². The Labute approximate surface area is 167 Å². The van der Waals surface area contributed by atoms with Gasteiger partial charge in [-0.25, -0.2) is 4.98 Å². The minimum atomic E-state index is -0.0613. The van der Waals surface area contributed by atoms with Crippen LogP contribution in [0.25, 0.3) is 16.2 Å². The number of fused-ring (bicyclic) bond motifs is 1. The van der Waals surface area contributed by atoms with Crippen molar-refractivity contribution in [2.45, 2.75) is 6.42 Å². The van der Waals surface area contributed by atoms with Gasteiger partial charge in [0.15, 0.2) is 4.96 Å². The molecule has 0 aliphatic rings.